The van der Waals surface area contributed by atoms with Gasteiger partial charge in [0.05, 0.1) is 7.05 Å². The molecule has 1 atom stereocenters. The lowest BCUT2D eigenvalue weighted by Crippen LogP contribution is -3.11. The van der Waals surface area contributed by atoms with Crippen molar-refractivity contribution in [2.24, 2.45) is 0 Å². The van der Waals surface area contributed by atoms with E-state index < -0.39 is 0 Å². The molecule has 0 fully saturated rings. The second kappa shape index (κ2) is 10.1. The van der Waals surface area contributed by atoms with Crippen LogP contribution < -0.4 is 10.2 Å². The molecule has 24 heavy (non-hydrogen) atoms. The molecule has 1 aromatic carbocycles. The molecule has 0 aliphatic rings. The zero-order chi connectivity index (χ0) is 18.1. The Kier molecular flexibility index (Phi) is 8.47. The number of anilines is 1. The van der Waals surface area contributed by atoms with Gasteiger partial charge in [-0.1, -0.05) is 32.0 Å². The first-order chi connectivity index (χ1) is 11.4. The third-order valence-electron chi connectivity index (χ3n) is 4.00. The van der Waals surface area contributed by atoms with Gasteiger partial charge in [0.1, 0.15) is 0 Å². The van der Waals surface area contributed by atoms with E-state index in [-0.39, 0.29) is 18.4 Å². The minimum absolute atomic E-state index is 0.0600. The molecule has 0 aliphatic heterocycles. The summed E-state index contributed by atoms with van der Waals surface area (Å²) in [5.41, 5.74) is 2.98. The molecule has 0 aromatic heterocycles. The van der Waals surface area contributed by atoms with Crippen molar-refractivity contribution in [2.45, 2.75) is 40.5 Å². The van der Waals surface area contributed by atoms with Gasteiger partial charge in [0.2, 0.25) is 0 Å². The van der Waals surface area contributed by atoms with E-state index in [1.165, 1.54) is 0 Å². The van der Waals surface area contributed by atoms with Crippen LogP contribution in [0.1, 0.15) is 37.8 Å². The molecular formula is C19H32N3O2+. The second-order valence-corrected chi connectivity index (χ2v) is 6.51. The first-order valence-electron chi connectivity index (χ1n) is 8.84. The zero-order valence-corrected chi connectivity index (χ0v) is 15.7. The summed E-state index contributed by atoms with van der Waals surface area (Å²) in [7, 11) is 1.89. The average molecular weight is 334 g/mol. The summed E-state index contributed by atoms with van der Waals surface area (Å²) in [6.45, 7) is 10.3. The number of aryl methyl sites for hydroxylation is 2. The fourth-order valence-electron chi connectivity index (χ4n) is 2.80. The maximum Gasteiger partial charge on any atom is 0.279 e. The molecule has 0 bridgehead atoms. The van der Waals surface area contributed by atoms with Gasteiger partial charge >= 0.3 is 0 Å². The van der Waals surface area contributed by atoms with Crippen molar-refractivity contribution < 1.29 is 14.5 Å². The van der Waals surface area contributed by atoms with Crippen LogP contribution in [0.4, 0.5) is 5.69 Å². The van der Waals surface area contributed by atoms with E-state index in [1.807, 2.05) is 44.0 Å². The summed E-state index contributed by atoms with van der Waals surface area (Å²) >= 11 is 0. The summed E-state index contributed by atoms with van der Waals surface area (Å²) in [6, 6.07) is 5.94. The quantitative estimate of drug-likeness (QED) is 0.717. The monoisotopic (exact) mass is 334 g/mol. The van der Waals surface area contributed by atoms with Gasteiger partial charge in [0.15, 0.2) is 13.1 Å². The van der Waals surface area contributed by atoms with E-state index in [9.17, 15) is 9.59 Å². The third kappa shape index (κ3) is 6.32. The van der Waals surface area contributed by atoms with Crippen LogP contribution in [0.25, 0.3) is 0 Å². The minimum Gasteiger partial charge on any atom is -0.338 e. The van der Waals surface area contributed by atoms with Crippen LogP contribution in [0, 0.1) is 13.8 Å². The number of para-hydroxylation sites is 1. The van der Waals surface area contributed by atoms with Crippen LogP contribution in [0.3, 0.4) is 0 Å². The Morgan fingerprint density at radius 1 is 1.04 bits per heavy atom. The van der Waals surface area contributed by atoms with E-state index in [0.717, 1.165) is 47.6 Å². The van der Waals surface area contributed by atoms with Crippen molar-refractivity contribution in [3.05, 3.63) is 29.3 Å². The van der Waals surface area contributed by atoms with Crippen LogP contribution in [0.15, 0.2) is 18.2 Å². The average Bonchev–Trinajstić information content (AvgIpc) is 2.50. The van der Waals surface area contributed by atoms with Gasteiger partial charge in [-0.15, -0.1) is 0 Å². The molecule has 0 heterocycles. The predicted octanol–water partition coefficient (Wildman–Crippen LogP) is 1.41. The number of rotatable bonds is 9. The largest absolute Gasteiger partial charge is 0.338 e. The Balaban J connectivity index is 2.56. The number of likely N-dealkylation sites (N-methyl/N-ethyl adjacent to an activating group) is 1. The molecular weight excluding hydrogens is 302 g/mol. The summed E-state index contributed by atoms with van der Waals surface area (Å²) in [5.74, 6) is 0.0614. The lowest BCUT2D eigenvalue weighted by Gasteiger charge is -2.23. The Labute approximate surface area is 146 Å². The van der Waals surface area contributed by atoms with Crippen molar-refractivity contribution in [2.75, 3.05) is 38.5 Å². The molecule has 1 unspecified atom stereocenters. The highest BCUT2D eigenvalue weighted by Gasteiger charge is 2.19. The SMILES string of the molecule is CCCN(CCC)C(=O)C[NH+](C)CC(=O)Nc1c(C)cccc1C. The minimum atomic E-state index is -0.0600. The molecule has 1 aromatic rings. The third-order valence-corrected chi connectivity index (χ3v) is 4.00. The van der Waals surface area contributed by atoms with E-state index in [1.54, 1.807) is 0 Å². The van der Waals surface area contributed by atoms with E-state index in [4.69, 9.17) is 0 Å². The van der Waals surface area contributed by atoms with E-state index >= 15 is 0 Å². The number of carbonyl (C=O) groups is 2. The highest BCUT2D eigenvalue weighted by atomic mass is 16.2. The molecule has 0 radical (unpaired) electrons. The van der Waals surface area contributed by atoms with Gasteiger partial charge in [0.25, 0.3) is 11.8 Å². The molecule has 0 saturated carbocycles. The van der Waals surface area contributed by atoms with Gasteiger partial charge in [-0.25, -0.2) is 0 Å². The van der Waals surface area contributed by atoms with Crippen molar-refractivity contribution in [1.82, 2.24) is 4.90 Å². The second-order valence-electron chi connectivity index (χ2n) is 6.51. The topological polar surface area (TPSA) is 53.9 Å². The first-order valence-corrected chi connectivity index (χ1v) is 8.84. The van der Waals surface area contributed by atoms with Crippen molar-refractivity contribution >= 4 is 17.5 Å². The van der Waals surface area contributed by atoms with Gasteiger partial charge in [0, 0.05) is 18.8 Å². The predicted molar refractivity (Wildman–Crippen MR) is 98.3 cm³/mol. The van der Waals surface area contributed by atoms with Crippen molar-refractivity contribution in [3.63, 3.8) is 0 Å². The molecule has 2 amide bonds. The summed E-state index contributed by atoms with van der Waals surface area (Å²) in [5, 5.41) is 2.98. The summed E-state index contributed by atoms with van der Waals surface area (Å²) < 4.78 is 0. The Bertz CT molecular complexity index is 531. The molecule has 0 aliphatic carbocycles. The highest BCUT2D eigenvalue weighted by Crippen LogP contribution is 2.18. The number of benzene rings is 1. The molecule has 5 heteroatoms. The lowest BCUT2D eigenvalue weighted by molar-refractivity contribution is -0.862. The number of hydrogen-bond acceptors (Lipinski definition) is 2. The number of nitrogens with one attached hydrogen (secondary N) is 2. The fraction of sp³-hybridized carbons (Fsp3) is 0.579. The maximum absolute atomic E-state index is 12.4. The van der Waals surface area contributed by atoms with E-state index in [2.05, 4.69) is 19.2 Å². The van der Waals surface area contributed by atoms with Crippen molar-refractivity contribution in [3.8, 4) is 0 Å². The maximum atomic E-state index is 12.4. The zero-order valence-electron chi connectivity index (χ0n) is 15.7. The number of hydrogen-bond donors (Lipinski definition) is 2. The van der Waals surface area contributed by atoms with Crippen LogP contribution in [0.2, 0.25) is 0 Å². The lowest BCUT2D eigenvalue weighted by atomic mass is 10.1. The van der Waals surface area contributed by atoms with Crippen LogP contribution >= 0.6 is 0 Å². The Morgan fingerprint density at radius 2 is 1.58 bits per heavy atom. The number of nitrogens with zero attached hydrogens (tertiary/aromatic N) is 1. The van der Waals surface area contributed by atoms with Crippen LogP contribution in [0.5, 0.6) is 0 Å². The molecule has 0 spiro atoms. The number of carbonyl (C=O) groups excluding carboxylic acids is 2. The molecule has 134 valence electrons. The first kappa shape index (κ1) is 20.2. The van der Waals surface area contributed by atoms with Crippen LogP contribution in [-0.2, 0) is 9.59 Å². The highest BCUT2D eigenvalue weighted by molar-refractivity contribution is 5.93. The Morgan fingerprint density at radius 3 is 2.08 bits per heavy atom. The fourth-order valence-corrected chi connectivity index (χ4v) is 2.80. The summed E-state index contributed by atoms with van der Waals surface area (Å²) in [4.78, 5) is 27.4. The molecule has 5 nitrogen and oxygen atoms in total. The molecule has 2 N–H and O–H groups in total. The van der Waals surface area contributed by atoms with Gasteiger partial charge in [-0.05, 0) is 37.8 Å². The standard InChI is InChI=1S/C19H31N3O2/c1-6-11-22(12-7-2)18(24)14-21(5)13-17(23)20-19-15(3)9-8-10-16(19)4/h8-10H,6-7,11-14H2,1-5H3,(H,20,23)/p+1. The molecule has 1 rings (SSSR count). The van der Waals surface area contributed by atoms with Crippen LogP contribution in [-0.4, -0.2) is 49.9 Å². The van der Waals surface area contributed by atoms with Gasteiger partial charge < -0.3 is 15.1 Å². The molecule has 0 saturated heterocycles. The number of quaternary nitrogens is 1. The van der Waals surface area contributed by atoms with Gasteiger partial charge in [-0.3, -0.25) is 9.59 Å². The van der Waals surface area contributed by atoms with E-state index in [0.29, 0.717) is 6.54 Å². The number of amides is 2. The smallest absolute Gasteiger partial charge is 0.279 e. The van der Waals surface area contributed by atoms with Gasteiger partial charge in [-0.2, -0.15) is 0 Å². The Hall–Kier alpha value is -1.88. The summed E-state index contributed by atoms with van der Waals surface area (Å²) in [6.07, 6.45) is 1.91. The normalized spacial score (nSPS) is 11.9. The van der Waals surface area contributed by atoms with Crippen molar-refractivity contribution in [1.29, 1.82) is 0 Å².